The van der Waals surface area contributed by atoms with Crippen LogP contribution in [0.2, 0.25) is 0 Å². The number of thioether (sulfide) groups is 1. The van der Waals surface area contributed by atoms with E-state index in [1.54, 1.807) is 0 Å². The third-order valence-electron chi connectivity index (χ3n) is 3.46. The van der Waals surface area contributed by atoms with Crippen molar-refractivity contribution >= 4 is 11.8 Å². The monoisotopic (exact) mass is 229 g/mol. The fourth-order valence-electron chi connectivity index (χ4n) is 2.26. The molecule has 4 heteroatoms. The Balaban J connectivity index is 1.75. The van der Waals surface area contributed by atoms with Gasteiger partial charge in [-0.3, -0.25) is 5.43 Å². The van der Waals surface area contributed by atoms with Crippen molar-refractivity contribution in [3.63, 3.8) is 0 Å². The van der Waals surface area contributed by atoms with Gasteiger partial charge in [-0.05, 0) is 25.6 Å². The maximum Gasteiger partial charge on any atom is 0.0331 e. The fourth-order valence-corrected chi connectivity index (χ4v) is 3.40. The predicted molar refractivity (Wildman–Crippen MR) is 67.1 cm³/mol. The SMILES string of the molecule is CC1SCCCC1NN1CCN(C)CC1. The lowest BCUT2D eigenvalue weighted by Crippen LogP contribution is -2.56. The fraction of sp³-hybridized carbons (Fsp3) is 1.00. The summed E-state index contributed by atoms with van der Waals surface area (Å²) in [4.78, 5) is 2.40. The normalized spacial score (nSPS) is 35.6. The molecule has 2 aliphatic heterocycles. The van der Waals surface area contributed by atoms with Crippen molar-refractivity contribution in [3.8, 4) is 0 Å². The van der Waals surface area contributed by atoms with Crippen LogP contribution < -0.4 is 5.43 Å². The van der Waals surface area contributed by atoms with Gasteiger partial charge >= 0.3 is 0 Å². The number of piperazine rings is 1. The summed E-state index contributed by atoms with van der Waals surface area (Å²) in [6.45, 7) is 7.09. The van der Waals surface area contributed by atoms with Crippen LogP contribution in [0.4, 0.5) is 0 Å². The van der Waals surface area contributed by atoms with Crippen LogP contribution in [0, 0.1) is 0 Å². The van der Waals surface area contributed by atoms with E-state index in [0.29, 0.717) is 6.04 Å². The molecule has 2 atom stereocenters. The van der Waals surface area contributed by atoms with E-state index in [4.69, 9.17) is 0 Å². The highest BCUT2D eigenvalue weighted by Gasteiger charge is 2.24. The quantitative estimate of drug-likeness (QED) is 0.762. The molecule has 0 spiro atoms. The summed E-state index contributed by atoms with van der Waals surface area (Å²) in [5.74, 6) is 1.35. The van der Waals surface area contributed by atoms with E-state index < -0.39 is 0 Å². The van der Waals surface area contributed by atoms with Crippen LogP contribution >= 0.6 is 11.8 Å². The van der Waals surface area contributed by atoms with Crippen LogP contribution in [0.1, 0.15) is 19.8 Å². The van der Waals surface area contributed by atoms with Crippen molar-refractivity contribution in [2.45, 2.75) is 31.1 Å². The molecule has 2 heterocycles. The summed E-state index contributed by atoms with van der Waals surface area (Å²) in [5, 5.41) is 3.20. The van der Waals surface area contributed by atoms with Gasteiger partial charge in [0.15, 0.2) is 0 Å². The minimum absolute atomic E-state index is 0.701. The smallest absolute Gasteiger partial charge is 0.0331 e. The zero-order valence-electron chi connectivity index (χ0n) is 9.91. The van der Waals surface area contributed by atoms with E-state index in [1.807, 2.05) is 0 Å². The zero-order valence-corrected chi connectivity index (χ0v) is 10.7. The van der Waals surface area contributed by atoms with Gasteiger partial charge in [-0.1, -0.05) is 6.92 Å². The molecule has 15 heavy (non-hydrogen) atoms. The molecule has 2 saturated heterocycles. The molecule has 3 nitrogen and oxygen atoms in total. The molecule has 0 aromatic heterocycles. The number of nitrogens with one attached hydrogen (secondary N) is 1. The van der Waals surface area contributed by atoms with Crippen molar-refractivity contribution in [1.29, 1.82) is 0 Å². The van der Waals surface area contributed by atoms with Gasteiger partial charge < -0.3 is 4.90 Å². The Labute approximate surface area is 97.5 Å². The molecule has 0 amide bonds. The minimum atomic E-state index is 0.701. The Morgan fingerprint density at radius 3 is 2.60 bits per heavy atom. The largest absolute Gasteiger partial charge is 0.304 e. The van der Waals surface area contributed by atoms with Gasteiger partial charge in [-0.15, -0.1) is 0 Å². The number of rotatable bonds is 2. The Bertz CT molecular complexity index is 192. The summed E-state index contributed by atoms with van der Waals surface area (Å²) >= 11 is 2.12. The molecular weight excluding hydrogens is 206 g/mol. The van der Waals surface area contributed by atoms with Gasteiger partial charge in [0.25, 0.3) is 0 Å². The van der Waals surface area contributed by atoms with Crippen LogP contribution in [0.25, 0.3) is 0 Å². The maximum absolute atomic E-state index is 3.71. The molecule has 0 saturated carbocycles. The number of hydrazine groups is 1. The lowest BCUT2D eigenvalue weighted by atomic mass is 10.1. The molecule has 0 bridgehead atoms. The Morgan fingerprint density at radius 2 is 1.93 bits per heavy atom. The average molecular weight is 229 g/mol. The van der Waals surface area contributed by atoms with E-state index >= 15 is 0 Å². The Hall–Kier alpha value is 0.230. The number of nitrogens with zero attached hydrogens (tertiary/aromatic N) is 2. The van der Waals surface area contributed by atoms with Crippen molar-refractivity contribution in [2.75, 3.05) is 39.0 Å². The molecule has 88 valence electrons. The number of hydrogen-bond donors (Lipinski definition) is 1. The molecule has 1 N–H and O–H groups in total. The van der Waals surface area contributed by atoms with Crippen molar-refractivity contribution in [2.24, 2.45) is 0 Å². The summed E-state index contributed by atoms with van der Waals surface area (Å²) in [6, 6.07) is 0.701. The van der Waals surface area contributed by atoms with Gasteiger partial charge in [0.1, 0.15) is 0 Å². The lowest BCUT2D eigenvalue weighted by molar-refractivity contribution is 0.0842. The first-order valence-corrected chi connectivity index (χ1v) is 7.12. The van der Waals surface area contributed by atoms with E-state index in [0.717, 1.165) is 5.25 Å². The van der Waals surface area contributed by atoms with E-state index in [2.05, 4.69) is 41.1 Å². The second kappa shape index (κ2) is 5.53. The third-order valence-corrected chi connectivity index (χ3v) is 4.84. The van der Waals surface area contributed by atoms with Crippen molar-refractivity contribution < 1.29 is 0 Å². The second-order valence-electron chi connectivity index (χ2n) is 4.74. The second-order valence-corrected chi connectivity index (χ2v) is 6.23. The zero-order chi connectivity index (χ0) is 10.7. The molecule has 2 unspecified atom stereocenters. The van der Waals surface area contributed by atoms with Crippen LogP contribution in [0.5, 0.6) is 0 Å². The van der Waals surface area contributed by atoms with Gasteiger partial charge in [-0.25, -0.2) is 5.01 Å². The van der Waals surface area contributed by atoms with Crippen LogP contribution in [-0.2, 0) is 0 Å². The molecule has 2 rings (SSSR count). The molecule has 2 fully saturated rings. The highest BCUT2D eigenvalue weighted by molar-refractivity contribution is 7.99. The van der Waals surface area contributed by atoms with Gasteiger partial charge in [0.05, 0.1) is 0 Å². The number of hydrogen-bond acceptors (Lipinski definition) is 4. The standard InChI is InChI=1S/C11H23N3S/c1-10-11(4-3-9-15-10)12-14-7-5-13(2)6-8-14/h10-12H,3-9H2,1-2H3. The average Bonchev–Trinajstić information content (AvgIpc) is 2.25. The molecule has 0 aromatic rings. The van der Waals surface area contributed by atoms with Gasteiger partial charge in [-0.2, -0.15) is 11.8 Å². The van der Waals surface area contributed by atoms with Crippen LogP contribution in [0.3, 0.4) is 0 Å². The van der Waals surface area contributed by atoms with Crippen molar-refractivity contribution in [1.82, 2.24) is 15.3 Å². The summed E-state index contributed by atoms with van der Waals surface area (Å²) in [6.07, 6.45) is 2.72. The van der Waals surface area contributed by atoms with E-state index in [-0.39, 0.29) is 0 Å². The third kappa shape index (κ3) is 3.34. The first kappa shape index (κ1) is 11.7. The van der Waals surface area contributed by atoms with Crippen LogP contribution in [-0.4, -0.2) is 60.2 Å². The first-order valence-electron chi connectivity index (χ1n) is 6.07. The maximum atomic E-state index is 3.71. The summed E-state index contributed by atoms with van der Waals surface area (Å²) < 4.78 is 0. The van der Waals surface area contributed by atoms with E-state index in [1.165, 1.54) is 44.8 Å². The van der Waals surface area contributed by atoms with Gasteiger partial charge in [0.2, 0.25) is 0 Å². The highest BCUT2D eigenvalue weighted by atomic mass is 32.2. The van der Waals surface area contributed by atoms with E-state index in [9.17, 15) is 0 Å². The topological polar surface area (TPSA) is 18.5 Å². The highest BCUT2D eigenvalue weighted by Crippen LogP contribution is 2.25. The Kier molecular flexibility index (Phi) is 4.31. The van der Waals surface area contributed by atoms with Crippen LogP contribution in [0.15, 0.2) is 0 Å². The Morgan fingerprint density at radius 1 is 1.20 bits per heavy atom. The number of likely N-dealkylation sites (N-methyl/N-ethyl adjacent to an activating group) is 1. The molecular formula is C11H23N3S. The van der Waals surface area contributed by atoms with Crippen molar-refractivity contribution in [3.05, 3.63) is 0 Å². The summed E-state index contributed by atoms with van der Waals surface area (Å²) in [5.41, 5.74) is 3.71. The molecule has 0 radical (unpaired) electrons. The molecule has 0 aliphatic carbocycles. The molecule has 0 aromatic carbocycles. The summed E-state index contributed by atoms with van der Waals surface area (Å²) in [7, 11) is 2.20. The lowest BCUT2D eigenvalue weighted by Gasteiger charge is -2.38. The minimum Gasteiger partial charge on any atom is -0.304 e. The first-order chi connectivity index (χ1) is 7.25. The van der Waals surface area contributed by atoms with Gasteiger partial charge in [0, 0.05) is 37.5 Å². The molecule has 2 aliphatic rings. The predicted octanol–water partition coefficient (Wildman–Crippen LogP) is 1.02.